The monoisotopic (exact) mass is 153 g/mol. The molecule has 0 amide bonds. The fraction of sp³-hybridized carbons (Fsp3) is 0.375. The van der Waals surface area contributed by atoms with E-state index >= 15 is 0 Å². The molecule has 0 unspecified atom stereocenters. The zero-order valence-corrected chi connectivity index (χ0v) is 6.68. The molecular formula is C8H11NO2. The fourth-order valence-electron chi connectivity index (χ4n) is 1.02. The molecule has 11 heavy (non-hydrogen) atoms. The van der Waals surface area contributed by atoms with Gasteiger partial charge in [0.2, 0.25) is 0 Å². The Morgan fingerprint density at radius 2 is 2.18 bits per heavy atom. The summed E-state index contributed by atoms with van der Waals surface area (Å²) >= 11 is 0. The summed E-state index contributed by atoms with van der Waals surface area (Å²) < 4.78 is 5.20. The fourth-order valence-corrected chi connectivity index (χ4v) is 1.02. The van der Waals surface area contributed by atoms with Gasteiger partial charge in [0.25, 0.3) is 0 Å². The van der Waals surface area contributed by atoms with Crippen LogP contribution < -0.4 is 11.2 Å². The Labute approximate surface area is 64.8 Å². The SMILES string of the molecule is Cc1cc(=O)c(CN)c(C)o1. The van der Waals surface area contributed by atoms with E-state index in [0.29, 0.717) is 17.1 Å². The molecule has 0 radical (unpaired) electrons. The number of hydrogen-bond acceptors (Lipinski definition) is 3. The summed E-state index contributed by atoms with van der Waals surface area (Å²) in [7, 11) is 0. The lowest BCUT2D eigenvalue weighted by atomic mass is 10.2. The maximum atomic E-state index is 11.2. The van der Waals surface area contributed by atoms with Crippen LogP contribution in [0.25, 0.3) is 0 Å². The second-order valence-corrected chi connectivity index (χ2v) is 2.46. The van der Waals surface area contributed by atoms with Gasteiger partial charge >= 0.3 is 0 Å². The van der Waals surface area contributed by atoms with E-state index < -0.39 is 0 Å². The maximum Gasteiger partial charge on any atom is 0.189 e. The number of hydrogen-bond donors (Lipinski definition) is 1. The normalized spacial score (nSPS) is 10.1. The van der Waals surface area contributed by atoms with Gasteiger partial charge < -0.3 is 10.2 Å². The molecule has 60 valence electrons. The third kappa shape index (κ3) is 1.49. The largest absolute Gasteiger partial charge is 0.466 e. The molecule has 0 spiro atoms. The summed E-state index contributed by atoms with van der Waals surface area (Å²) in [5.74, 6) is 1.25. The van der Waals surface area contributed by atoms with Crippen molar-refractivity contribution in [2.24, 2.45) is 5.73 Å². The Morgan fingerprint density at radius 3 is 2.64 bits per heavy atom. The molecule has 0 aromatic carbocycles. The first kappa shape index (κ1) is 8.01. The van der Waals surface area contributed by atoms with Crippen molar-refractivity contribution in [3.63, 3.8) is 0 Å². The van der Waals surface area contributed by atoms with Crippen molar-refractivity contribution >= 4 is 0 Å². The highest BCUT2D eigenvalue weighted by Gasteiger charge is 2.03. The lowest BCUT2D eigenvalue weighted by Gasteiger charge is -2.00. The average Bonchev–Trinajstić information content (AvgIpc) is 1.85. The maximum absolute atomic E-state index is 11.2. The molecule has 0 fully saturated rings. The van der Waals surface area contributed by atoms with Crippen molar-refractivity contribution in [3.8, 4) is 0 Å². The van der Waals surface area contributed by atoms with Crippen LogP contribution in [-0.4, -0.2) is 0 Å². The van der Waals surface area contributed by atoms with Gasteiger partial charge in [-0.2, -0.15) is 0 Å². The number of aryl methyl sites for hydroxylation is 2. The summed E-state index contributed by atoms with van der Waals surface area (Å²) in [6.45, 7) is 3.74. The van der Waals surface area contributed by atoms with E-state index in [1.54, 1.807) is 13.8 Å². The predicted octanol–water partition coefficient (Wildman–Crippen LogP) is 0.715. The molecule has 2 N–H and O–H groups in total. The molecule has 0 aliphatic carbocycles. The Morgan fingerprint density at radius 1 is 1.55 bits per heavy atom. The first-order chi connectivity index (χ1) is 5.15. The van der Waals surface area contributed by atoms with Crippen LogP contribution in [0.4, 0.5) is 0 Å². The van der Waals surface area contributed by atoms with Crippen LogP contribution >= 0.6 is 0 Å². The summed E-state index contributed by atoms with van der Waals surface area (Å²) in [5, 5.41) is 0. The van der Waals surface area contributed by atoms with Crippen LogP contribution in [-0.2, 0) is 6.54 Å². The van der Waals surface area contributed by atoms with Gasteiger partial charge in [0.05, 0.1) is 5.56 Å². The summed E-state index contributed by atoms with van der Waals surface area (Å²) in [6.07, 6.45) is 0. The third-order valence-corrected chi connectivity index (χ3v) is 1.57. The predicted molar refractivity (Wildman–Crippen MR) is 42.3 cm³/mol. The smallest absolute Gasteiger partial charge is 0.189 e. The second kappa shape index (κ2) is 2.88. The van der Waals surface area contributed by atoms with Crippen LogP contribution in [0.15, 0.2) is 15.3 Å². The molecule has 3 heteroatoms. The Kier molecular flexibility index (Phi) is 2.10. The molecule has 0 aliphatic rings. The van der Waals surface area contributed by atoms with Gasteiger partial charge in [-0.05, 0) is 13.8 Å². The molecule has 3 nitrogen and oxygen atoms in total. The summed E-state index contributed by atoms with van der Waals surface area (Å²) in [4.78, 5) is 11.2. The van der Waals surface area contributed by atoms with Crippen molar-refractivity contribution in [2.45, 2.75) is 20.4 Å². The van der Waals surface area contributed by atoms with Crippen LogP contribution in [0.3, 0.4) is 0 Å². The number of nitrogens with two attached hydrogens (primary N) is 1. The Bertz CT molecular complexity index is 314. The van der Waals surface area contributed by atoms with E-state index in [0.717, 1.165) is 0 Å². The first-order valence-corrected chi connectivity index (χ1v) is 3.45. The Hall–Kier alpha value is -1.09. The van der Waals surface area contributed by atoms with Gasteiger partial charge in [-0.15, -0.1) is 0 Å². The van der Waals surface area contributed by atoms with Crippen molar-refractivity contribution in [1.29, 1.82) is 0 Å². The van der Waals surface area contributed by atoms with Gasteiger partial charge in [0.15, 0.2) is 5.43 Å². The molecule has 0 aliphatic heterocycles. The summed E-state index contributed by atoms with van der Waals surface area (Å²) in [5.41, 5.74) is 5.87. The third-order valence-electron chi connectivity index (χ3n) is 1.57. The van der Waals surface area contributed by atoms with Gasteiger partial charge in [-0.1, -0.05) is 0 Å². The minimum atomic E-state index is -0.0336. The first-order valence-electron chi connectivity index (χ1n) is 3.45. The van der Waals surface area contributed by atoms with Crippen LogP contribution in [0, 0.1) is 13.8 Å². The standard InChI is InChI=1S/C8H11NO2/c1-5-3-8(10)7(4-9)6(2)11-5/h3H,4,9H2,1-2H3. The van der Waals surface area contributed by atoms with Gasteiger partial charge in [0.1, 0.15) is 11.5 Å². The van der Waals surface area contributed by atoms with E-state index in [1.807, 2.05) is 0 Å². The van der Waals surface area contributed by atoms with Crippen molar-refractivity contribution in [2.75, 3.05) is 0 Å². The van der Waals surface area contributed by atoms with E-state index in [2.05, 4.69) is 0 Å². The van der Waals surface area contributed by atoms with E-state index in [4.69, 9.17) is 10.2 Å². The number of rotatable bonds is 1. The highest BCUT2D eigenvalue weighted by Crippen LogP contribution is 2.03. The molecule has 0 bridgehead atoms. The Balaban J connectivity index is 3.37. The van der Waals surface area contributed by atoms with Crippen LogP contribution in [0.1, 0.15) is 17.1 Å². The van der Waals surface area contributed by atoms with Gasteiger partial charge in [-0.3, -0.25) is 4.79 Å². The average molecular weight is 153 g/mol. The molecule has 1 aromatic rings. The zero-order chi connectivity index (χ0) is 8.43. The van der Waals surface area contributed by atoms with E-state index in [-0.39, 0.29) is 12.0 Å². The minimum Gasteiger partial charge on any atom is -0.466 e. The second-order valence-electron chi connectivity index (χ2n) is 2.46. The van der Waals surface area contributed by atoms with Crippen molar-refractivity contribution < 1.29 is 4.42 Å². The molecule has 0 saturated carbocycles. The topological polar surface area (TPSA) is 56.2 Å². The van der Waals surface area contributed by atoms with Crippen molar-refractivity contribution in [1.82, 2.24) is 0 Å². The zero-order valence-electron chi connectivity index (χ0n) is 6.68. The van der Waals surface area contributed by atoms with E-state index in [9.17, 15) is 4.79 Å². The van der Waals surface area contributed by atoms with Gasteiger partial charge in [0, 0.05) is 12.6 Å². The molecule has 0 saturated heterocycles. The molecule has 0 atom stereocenters. The minimum absolute atomic E-state index is 0.0336. The van der Waals surface area contributed by atoms with E-state index in [1.165, 1.54) is 6.07 Å². The van der Waals surface area contributed by atoms with Crippen LogP contribution in [0.5, 0.6) is 0 Å². The van der Waals surface area contributed by atoms with Crippen molar-refractivity contribution in [3.05, 3.63) is 33.4 Å². The highest BCUT2D eigenvalue weighted by molar-refractivity contribution is 5.17. The highest BCUT2D eigenvalue weighted by atomic mass is 16.3. The molecule has 1 heterocycles. The van der Waals surface area contributed by atoms with Gasteiger partial charge in [-0.25, -0.2) is 0 Å². The lowest BCUT2D eigenvalue weighted by molar-refractivity contribution is 0.476. The molecular weight excluding hydrogens is 142 g/mol. The lowest BCUT2D eigenvalue weighted by Crippen LogP contribution is -2.14. The molecule has 1 aromatic heterocycles. The molecule has 1 rings (SSSR count). The summed E-state index contributed by atoms with van der Waals surface area (Å²) in [6, 6.07) is 1.45. The quantitative estimate of drug-likeness (QED) is 0.646. The van der Waals surface area contributed by atoms with Crippen LogP contribution in [0.2, 0.25) is 0 Å².